The van der Waals surface area contributed by atoms with Crippen LogP contribution in [-0.4, -0.2) is 31.1 Å². The molecule has 0 aromatic heterocycles. The summed E-state index contributed by atoms with van der Waals surface area (Å²) in [7, 11) is 1.63. The van der Waals surface area contributed by atoms with Crippen LogP contribution in [0.4, 0.5) is 0 Å². The third-order valence-corrected chi connectivity index (χ3v) is 2.70. The normalized spacial score (nSPS) is 15.7. The molecule has 0 N–H and O–H groups in total. The van der Waals surface area contributed by atoms with E-state index in [1.165, 1.54) is 0 Å². The largest absolute Gasteiger partial charge is 0.497 e. The Morgan fingerprint density at radius 2 is 2.12 bits per heavy atom. The fourth-order valence-corrected chi connectivity index (χ4v) is 1.72. The van der Waals surface area contributed by atoms with Crippen LogP contribution in [0.5, 0.6) is 5.75 Å². The standard InChI is InChI=1S/C13H15NO3/c1-10-13(15)14(7-8-17-10)9-11-3-5-12(16-2)6-4-11/h3-6H,1,7-9H2,2H3. The molecule has 4 nitrogen and oxygen atoms in total. The Bertz CT molecular complexity index is 425. The number of methoxy groups -OCH3 is 1. The Labute approximate surface area is 100 Å². The molecule has 1 amide bonds. The number of morpholine rings is 1. The number of benzene rings is 1. The van der Waals surface area contributed by atoms with Crippen molar-refractivity contribution in [3.05, 3.63) is 42.2 Å². The predicted octanol–water partition coefficient (Wildman–Crippen LogP) is 1.57. The SMILES string of the molecule is C=C1OCCN(Cc2ccc(OC)cc2)C1=O. The summed E-state index contributed by atoms with van der Waals surface area (Å²) in [5.74, 6) is 0.906. The molecule has 1 aromatic rings. The molecule has 0 spiro atoms. The minimum atomic E-state index is -0.132. The molecule has 0 unspecified atom stereocenters. The second-order valence-electron chi connectivity index (χ2n) is 3.85. The first-order valence-electron chi connectivity index (χ1n) is 5.44. The van der Waals surface area contributed by atoms with Crippen LogP contribution in [0, 0.1) is 0 Å². The maximum absolute atomic E-state index is 11.7. The molecule has 90 valence electrons. The van der Waals surface area contributed by atoms with Crippen molar-refractivity contribution in [1.29, 1.82) is 0 Å². The number of nitrogens with zero attached hydrogens (tertiary/aromatic N) is 1. The Kier molecular flexibility index (Phi) is 3.32. The van der Waals surface area contributed by atoms with Gasteiger partial charge < -0.3 is 14.4 Å². The summed E-state index contributed by atoms with van der Waals surface area (Å²) in [5.41, 5.74) is 1.06. The molecule has 1 saturated heterocycles. The molecular weight excluding hydrogens is 218 g/mol. The number of hydrogen-bond donors (Lipinski definition) is 0. The molecule has 1 aliphatic rings. The average Bonchev–Trinajstić information content (AvgIpc) is 2.36. The summed E-state index contributed by atoms with van der Waals surface area (Å²) in [6.07, 6.45) is 0. The van der Waals surface area contributed by atoms with Gasteiger partial charge >= 0.3 is 0 Å². The van der Waals surface area contributed by atoms with Gasteiger partial charge in [0.2, 0.25) is 0 Å². The third-order valence-electron chi connectivity index (χ3n) is 2.70. The fraction of sp³-hybridized carbons (Fsp3) is 0.308. The predicted molar refractivity (Wildman–Crippen MR) is 63.5 cm³/mol. The Morgan fingerprint density at radius 3 is 2.76 bits per heavy atom. The first-order chi connectivity index (χ1) is 8.20. The van der Waals surface area contributed by atoms with E-state index in [2.05, 4.69) is 6.58 Å². The molecule has 0 atom stereocenters. The van der Waals surface area contributed by atoms with Crippen molar-refractivity contribution in [2.24, 2.45) is 0 Å². The van der Waals surface area contributed by atoms with E-state index in [1.807, 2.05) is 24.3 Å². The van der Waals surface area contributed by atoms with Crippen LogP contribution in [0.3, 0.4) is 0 Å². The van der Waals surface area contributed by atoms with Crippen LogP contribution >= 0.6 is 0 Å². The molecule has 17 heavy (non-hydrogen) atoms. The fourth-order valence-electron chi connectivity index (χ4n) is 1.72. The minimum absolute atomic E-state index is 0.132. The molecule has 4 heteroatoms. The van der Waals surface area contributed by atoms with E-state index < -0.39 is 0 Å². The summed E-state index contributed by atoms with van der Waals surface area (Å²) < 4.78 is 10.2. The molecule has 0 bridgehead atoms. The second kappa shape index (κ2) is 4.91. The number of amides is 1. The topological polar surface area (TPSA) is 38.8 Å². The van der Waals surface area contributed by atoms with Gasteiger partial charge in [-0.2, -0.15) is 0 Å². The quantitative estimate of drug-likeness (QED) is 0.744. The van der Waals surface area contributed by atoms with E-state index >= 15 is 0 Å². The number of carbonyl (C=O) groups excluding carboxylic acids is 1. The number of hydrogen-bond acceptors (Lipinski definition) is 3. The van der Waals surface area contributed by atoms with Gasteiger partial charge in [-0.05, 0) is 17.7 Å². The average molecular weight is 233 g/mol. The van der Waals surface area contributed by atoms with Crippen LogP contribution in [0.15, 0.2) is 36.6 Å². The zero-order valence-electron chi connectivity index (χ0n) is 9.81. The van der Waals surface area contributed by atoms with Gasteiger partial charge in [-0.3, -0.25) is 4.79 Å². The first kappa shape index (κ1) is 11.5. The van der Waals surface area contributed by atoms with Crippen LogP contribution < -0.4 is 4.74 Å². The molecule has 0 radical (unpaired) electrons. The molecule has 1 aliphatic heterocycles. The summed E-state index contributed by atoms with van der Waals surface area (Å²) >= 11 is 0. The van der Waals surface area contributed by atoms with Crippen molar-refractivity contribution >= 4 is 5.91 Å². The lowest BCUT2D eigenvalue weighted by Crippen LogP contribution is -2.39. The van der Waals surface area contributed by atoms with Gasteiger partial charge in [0.25, 0.3) is 5.91 Å². The summed E-state index contributed by atoms with van der Waals surface area (Å²) in [6.45, 7) is 5.27. The second-order valence-corrected chi connectivity index (χ2v) is 3.85. The summed E-state index contributed by atoms with van der Waals surface area (Å²) in [6, 6.07) is 7.67. The van der Waals surface area contributed by atoms with Gasteiger partial charge in [-0.15, -0.1) is 0 Å². The highest BCUT2D eigenvalue weighted by Crippen LogP contribution is 2.16. The van der Waals surface area contributed by atoms with E-state index in [0.717, 1.165) is 11.3 Å². The Hall–Kier alpha value is -1.97. The lowest BCUT2D eigenvalue weighted by Gasteiger charge is -2.28. The maximum atomic E-state index is 11.7. The zero-order valence-corrected chi connectivity index (χ0v) is 9.81. The molecular formula is C13H15NO3. The summed E-state index contributed by atoms with van der Waals surface area (Å²) in [5, 5.41) is 0. The highest BCUT2D eigenvalue weighted by Gasteiger charge is 2.22. The number of rotatable bonds is 3. The van der Waals surface area contributed by atoms with Crippen molar-refractivity contribution < 1.29 is 14.3 Å². The van der Waals surface area contributed by atoms with Crippen molar-refractivity contribution in [2.45, 2.75) is 6.54 Å². The Balaban J connectivity index is 2.04. The molecule has 1 aromatic carbocycles. The molecule has 0 saturated carbocycles. The third kappa shape index (κ3) is 2.58. The van der Waals surface area contributed by atoms with Gasteiger partial charge in [0.1, 0.15) is 12.4 Å². The molecule has 0 aliphatic carbocycles. The highest BCUT2D eigenvalue weighted by atomic mass is 16.5. The smallest absolute Gasteiger partial charge is 0.288 e. The van der Waals surface area contributed by atoms with Gasteiger partial charge in [-0.1, -0.05) is 18.7 Å². The van der Waals surface area contributed by atoms with Crippen molar-refractivity contribution in [1.82, 2.24) is 4.90 Å². The van der Waals surface area contributed by atoms with Crippen LogP contribution in [0.2, 0.25) is 0 Å². The van der Waals surface area contributed by atoms with E-state index in [-0.39, 0.29) is 11.7 Å². The van der Waals surface area contributed by atoms with Crippen molar-refractivity contribution in [3.63, 3.8) is 0 Å². The molecule has 2 rings (SSSR count). The molecule has 1 fully saturated rings. The van der Waals surface area contributed by atoms with Gasteiger partial charge in [-0.25, -0.2) is 0 Å². The van der Waals surface area contributed by atoms with Crippen molar-refractivity contribution in [2.75, 3.05) is 20.3 Å². The van der Waals surface area contributed by atoms with Gasteiger partial charge in [0.05, 0.1) is 13.7 Å². The van der Waals surface area contributed by atoms with Crippen molar-refractivity contribution in [3.8, 4) is 5.75 Å². The zero-order chi connectivity index (χ0) is 12.3. The first-order valence-corrected chi connectivity index (χ1v) is 5.44. The number of ether oxygens (including phenoxy) is 2. The Morgan fingerprint density at radius 1 is 1.41 bits per heavy atom. The molecule has 1 heterocycles. The highest BCUT2D eigenvalue weighted by molar-refractivity contribution is 5.91. The van der Waals surface area contributed by atoms with Gasteiger partial charge in [0.15, 0.2) is 5.76 Å². The number of carbonyl (C=O) groups is 1. The maximum Gasteiger partial charge on any atom is 0.288 e. The lowest BCUT2D eigenvalue weighted by atomic mass is 10.2. The van der Waals surface area contributed by atoms with E-state index in [0.29, 0.717) is 19.7 Å². The summed E-state index contributed by atoms with van der Waals surface area (Å²) in [4.78, 5) is 13.5. The monoisotopic (exact) mass is 233 g/mol. The van der Waals surface area contributed by atoms with E-state index in [9.17, 15) is 4.79 Å². The van der Waals surface area contributed by atoms with E-state index in [1.54, 1.807) is 12.0 Å². The van der Waals surface area contributed by atoms with Crippen LogP contribution in [-0.2, 0) is 16.1 Å². The van der Waals surface area contributed by atoms with Crippen LogP contribution in [0.25, 0.3) is 0 Å². The van der Waals surface area contributed by atoms with E-state index in [4.69, 9.17) is 9.47 Å². The minimum Gasteiger partial charge on any atom is -0.497 e. The lowest BCUT2D eigenvalue weighted by molar-refractivity contribution is -0.136. The van der Waals surface area contributed by atoms with Crippen LogP contribution in [0.1, 0.15) is 5.56 Å². The van der Waals surface area contributed by atoms with Gasteiger partial charge in [0, 0.05) is 6.54 Å².